The predicted molar refractivity (Wildman–Crippen MR) is 97.7 cm³/mol. The van der Waals surface area contributed by atoms with Crippen molar-refractivity contribution >= 4 is 21.8 Å². The summed E-state index contributed by atoms with van der Waals surface area (Å²) in [6, 6.07) is 10.9. The van der Waals surface area contributed by atoms with Crippen molar-refractivity contribution in [2.75, 3.05) is 12.8 Å². The van der Waals surface area contributed by atoms with Crippen molar-refractivity contribution in [2.24, 2.45) is 0 Å². The fraction of sp³-hybridized carbons (Fsp3) is 0.389. The van der Waals surface area contributed by atoms with Gasteiger partial charge in [0, 0.05) is 12.7 Å². The molecule has 0 aliphatic carbocycles. The van der Waals surface area contributed by atoms with Crippen LogP contribution in [-0.2, 0) is 10.0 Å². The third-order valence-electron chi connectivity index (χ3n) is 4.43. The molecule has 2 heterocycles. The highest BCUT2D eigenvalue weighted by atomic mass is 32.2. The Hall–Kier alpha value is -1.37. The maximum atomic E-state index is 13.1. The van der Waals surface area contributed by atoms with E-state index in [-0.39, 0.29) is 6.04 Å². The average Bonchev–Trinajstić information content (AvgIpc) is 2.62. The van der Waals surface area contributed by atoms with Gasteiger partial charge in [0.15, 0.2) is 0 Å². The first kappa shape index (κ1) is 17.5. The summed E-state index contributed by atoms with van der Waals surface area (Å²) in [7, 11) is -3.49. The fourth-order valence-corrected chi connectivity index (χ4v) is 5.13. The van der Waals surface area contributed by atoms with Gasteiger partial charge in [-0.25, -0.2) is 13.4 Å². The van der Waals surface area contributed by atoms with Gasteiger partial charge in [-0.15, -0.1) is 11.8 Å². The normalized spacial score (nSPS) is 19.3. The zero-order valence-corrected chi connectivity index (χ0v) is 15.6. The van der Waals surface area contributed by atoms with Crippen LogP contribution >= 0.6 is 11.8 Å². The van der Waals surface area contributed by atoms with E-state index in [1.807, 2.05) is 43.6 Å². The summed E-state index contributed by atoms with van der Waals surface area (Å²) in [4.78, 5) is 4.78. The van der Waals surface area contributed by atoms with Gasteiger partial charge in [0.05, 0.1) is 16.0 Å². The van der Waals surface area contributed by atoms with Crippen molar-refractivity contribution in [2.45, 2.75) is 42.1 Å². The molecule has 0 radical (unpaired) electrons. The Morgan fingerprint density at radius 1 is 1.12 bits per heavy atom. The molecule has 0 saturated carbocycles. The molecule has 0 amide bonds. The molecule has 6 heteroatoms. The predicted octanol–water partition coefficient (Wildman–Crippen LogP) is 4.03. The number of piperidine rings is 1. The molecule has 128 valence electrons. The molecule has 1 aromatic heterocycles. The molecule has 2 aromatic rings. The smallest absolute Gasteiger partial charge is 0.243 e. The van der Waals surface area contributed by atoms with Crippen LogP contribution in [0.3, 0.4) is 0 Å². The van der Waals surface area contributed by atoms with Crippen LogP contribution in [0.2, 0.25) is 0 Å². The van der Waals surface area contributed by atoms with Crippen molar-refractivity contribution < 1.29 is 8.42 Å². The standard InChI is InChI=1S/C18H22N2O2S2/c1-14-6-9-16(10-7-14)24(21,22)20-12-4-3-5-17(20)15-8-11-18(23-2)19-13-15/h6-11,13,17H,3-5,12H2,1-2H3/t17-/m1/s1. The number of rotatable bonds is 4. The highest BCUT2D eigenvalue weighted by Gasteiger charge is 2.34. The number of aryl methyl sites for hydroxylation is 1. The summed E-state index contributed by atoms with van der Waals surface area (Å²) >= 11 is 1.59. The zero-order valence-electron chi connectivity index (χ0n) is 14.0. The van der Waals surface area contributed by atoms with Gasteiger partial charge in [0.25, 0.3) is 0 Å². The molecule has 0 bridgehead atoms. The summed E-state index contributed by atoms with van der Waals surface area (Å²) in [5, 5.41) is 0.947. The molecule has 24 heavy (non-hydrogen) atoms. The van der Waals surface area contributed by atoms with Gasteiger partial charge in [-0.2, -0.15) is 4.31 Å². The highest BCUT2D eigenvalue weighted by Crippen LogP contribution is 2.35. The lowest BCUT2D eigenvalue weighted by Crippen LogP contribution is -2.38. The topological polar surface area (TPSA) is 50.3 Å². The van der Waals surface area contributed by atoms with E-state index in [0.29, 0.717) is 11.4 Å². The Bertz CT molecular complexity index is 787. The second-order valence-electron chi connectivity index (χ2n) is 6.07. The summed E-state index contributed by atoms with van der Waals surface area (Å²) < 4.78 is 27.9. The number of hydrogen-bond acceptors (Lipinski definition) is 4. The SMILES string of the molecule is CSc1ccc([C@H]2CCCCN2S(=O)(=O)c2ccc(C)cc2)cn1. The quantitative estimate of drug-likeness (QED) is 0.771. The summed E-state index contributed by atoms with van der Waals surface area (Å²) in [5.41, 5.74) is 2.03. The average molecular weight is 363 g/mol. The minimum Gasteiger partial charge on any atom is -0.250 e. The Morgan fingerprint density at radius 2 is 1.88 bits per heavy atom. The van der Waals surface area contributed by atoms with Gasteiger partial charge in [-0.3, -0.25) is 0 Å². The van der Waals surface area contributed by atoms with Crippen LogP contribution in [0.4, 0.5) is 0 Å². The number of hydrogen-bond donors (Lipinski definition) is 0. The monoisotopic (exact) mass is 362 g/mol. The molecule has 1 aliphatic heterocycles. The van der Waals surface area contributed by atoms with Crippen LogP contribution in [0.5, 0.6) is 0 Å². The minimum atomic E-state index is -3.49. The van der Waals surface area contributed by atoms with E-state index < -0.39 is 10.0 Å². The molecule has 1 aromatic carbocycles. The number of benzene rings is 1. The van der Waals surface area contributed by atoms with Crippen molar-refractivity contribution in [3.8, 4) is 0 Å². The number of nitrogens with zero attached hydrogens (tertiary/aromatic N) is 2. The molecule has 1 aliphatic rings. The van der Waals surface area contributed by atoms with Crippen molar-refractivity contribution in [1.29, 1.82) is 0 Å². The molecule has 1 saturated heterocycles. The van der Waals surface area contributed by atoms with Gasteiger partial charge in [0.1, 0.15) is 0 Å². The largest absolute Gasteiger partial charge is 0.250 e. The van der Waals surface area contributed by atoms with Crippen LogP contribution in [-0.4, -0.2) is 30.5 Å². The lowest BCUT2D eigenvalue weighted by molar-refractivity contribution is 0.255. The molecule has 0 unspecified atom stereocenters. The van der Waals surface area contributed by atoms with Crippen LogP contribution in [0.1, 0.15) is 36.4 Å². The molecular weight excluding hydrogens is 340 g/mol. The molecule has 0 spiro atoms. The molecule has 1 atom stereocenters. The molecule has 0 N–H and O–H groups in total. The molecule has 3 rings (SSSR count). The van der Waals surface area contributed by atoms with Crippen LogP contribution in [0.15, 0.2) is 52.5 Å². The van der Waals surface area contributed by atoms with Gasteiger partial charge in [0.2, 0.25) is 10.0 Å². The van der Waals surface area contributed by atoms with Gasteiger partial charge in [-0.1, -0.05) is 30.2 Å². The number of pyridine rings is 1. The van der Waals surface area contributed by atoms with E-state index in [4.69, 9.17) is 0 Å². The molecule has 1 fully saturated rings. The molecular formula is C18H22N2O2S2. The van der Waals surface area contributed by atoms with E-state index in [1.165, 1.54) is 0 Å². The maximum Gasteiger partial charge on any atom is 0.243 e. The first-order chi connectivity index (χ1) is 11.5. The first-order valence-corrected chi connectivity index (χ1v) is 10.8. The van der Waals surface area contributed by atoms with E-state index in [9.17, 15) is 8.42 Å². The van der Waals surface area contributed by atoms with E-state index in [0.717, 1.165) is 35.4 Å². The van der Waals surface area contributed by atoms with Gasteiger partial charge < -0.3 is 0 Å². The maximum absolute atomic E-state index is 13.1. The van der Waals surface area contributed by atoms with Gasteiger partial charge >= 0.3 is 0 Å². The summed E-state index contributed by atoms with van der Waals surface area (Å²) in [6.45, 7) is 2.52. The second-order valence-corrected chi connectivity index (χ2v) is 8.79. The zero-order chi connectivity index (χ0) is 17.2. The number of aromatic nitrogens is 1. The van der Waals surface area contributed by atoms with E-state index in [1.54, 1.807) is 28.2 Å². The Kier molecular flexibility index (Phi) is 5.27. The Morgan fingerprint density at radius 3 is 2.50 bits per heavy atom. The lowest BCUT2D eigenvalue weighted by atomic mass is 9.99. The number of thioether (sulfide) groups is 1. The lowest BCUT2D eigenvalue weighted by Gasteiger charge is -2.34. The highest BCUT2D eigenvalue weighted by molar-refractivity contribution is 7.98. The Labute approximate surface area is 148 Å². The van der Waals surface area contributed by atoms with Crippen LogP contribution in [0, 0.1) is 6.92 Å². The van der Waals surface area contributed by atoms with E-state index >= 15 is 0 Å². The van der Waals surface area contributed by atoms with E-state index in [2.05, 4.69) is 4.98 Å². The summed E-state index contributed by atoms with van der Waals surface area (Å²) in [5.74, 6) is 0. The number of sulfonamides is 1. The second kappa shape index (κ2) is 7.25. The van der Waals surface area contributed by atoms with Gasteiger partial charge in [-0.05, 0) is 49.8 Å². The van der Waals surface area contributed by atoms with Crippen molar-refractivity contribution in [3.05, 3.63) is 53.7 Å². The third-order valence-corrected chi connectivity index (χ3v) is 7.02. The Balaban J connectivity index is 1.95. The minimum absolute atomic E-state index is 0.131. The first-order valence-electron chi connectivity index (χ1n) is 8.11. The van der Waals surface area contributed by atoms with Crippen molar-refractivity contribution in [1.82, 2.24) is 9.29 Å². The van der Waals surface area contributed by atoms with Crippen molar-refractivity contribution in [3.63, 3.8) is 0 Å². The van der Waals surface area contributed by atoms with Crippen LogP contribution in [0.25, 0.3) is 0 Å². The fourth-order valence-electron chi connectivity index (χ4n) is 3.08. The van der Waals surface area contributed by atoms with Crippen LogP contribution < -0.4 is 0 Å². The third kappa shape index (κ3) is 3.50. The molecule has 4 nitrogen and oxygen atoms in total. The summed E-state index contributed by atoms with van der Waals surface area (Å²) in [6.07, 6.45) is 6.58.